The van der Waals surface area contributed by atoms with Crippen LogP contribution >= 0.6 is 35.0 Å². The molecule has 4 rings (SSSR count). The Bertz CT molecular complexity index is 1470. The monoisotopic (exact) mass is 573 g/mol. The number of anilines is 2. The zero-order valence-corrected chi connectivity index (χ0v) is 22.7. The smallest absolute Gasteiger partial charge is 0.345 e. The van der Waals surface area contributed by atoms with Gasteiger partial charge < -0.3 is 19.2 Å². The molecule has 0 unspecified atom stereocenters. The highest BCUT2D eigenvalue weighted by Gasteiger charge is 2.32. The van der Waals surface area contributed by atoms with E-state index >= 15 is 0 Å². The van der Waals surface area contributed by atoms with E-state index in [2.05, 4.69) is 10.3 Å². The number of furan rings is 1. The number of aliphatic imine (C=N–C) groups is 1. The summed E-state index contributed by atoms with van der Waals surface area (Å²) in [5.74, 6) is -1.35. The molecule has 38 heavy (non-hydrogen) atoms. The molecule has 12 heteroatoms. The molecule has 1 aliphatic rings. The number of amidine groups is 1. The van der Waals surface area contributed by atoms with Gasteiger partial charge in [0.05, 0.1) is 29.9 Å². The molecule has 2 aromatic carbocycles. The highest BCUT2D eigenvalue weighted by atomic mass is 35.5. The lowest BCUT2D eigenvalue weighted by atomic mass is 10.2. The first kappa shape index (κ1) is 27.3. The predicted molar refractivity (Wildman–Crippen MR) is 148 cm³/mol. The van der Waals surface area contributed by atoms with Gasteiger partial charge in [-0.15, -0.1) is 0 Å². The SMILES string of the molecule is CCOC(=O)c1c(Nc2cccc(Cl)c2)oc(/C=C2\SC(=Nc3ccc(C(=O)OC)cc3)N(C)C2=O)c1Cl. The quantitative estimate of drug-likeness (QED) is 0.251. The fourth-order valence-electron chi connectivity index (χ4n) is 3.36. The van der Waals surface area contributed by atoms with Crippen LogP contribution in [0.5, 0.6) is 0 Å². The lowest BCUT2D eigenvalue weighted by molar-refractivity contribution is -0.121. The zero-order valence-electron chi connectivity index (χ0n) is 20.4. The topological polar surface area (TPSA) is 110 Å². The molecule has 1 saturated heterocycles. The van der Waals surface area contributed by atoms with Gasteiger partial charge in [0.2, 0.25) is 5.88 Å². The number of ether oxygens (including phenoxy) is 2. The number of hydrogen-bond acceptors (Lipinski definition) is 9. The Kier molecular flexibility index (Phi) is 8.45. The third kappa shape index (κ3) is 5.88. The Hall–Kier alpha value is -3.73. The lowest BCUT2D eigenvalue weighted by Crippen LogP contribution is -2.23. The van der Waals surface area contributed by atoms with Crippen molar-refractivity contribution in [3.05, 3.63) is 80.4 Å². The standard InChI is InChI=1S/C26H21Cl2N3O6S/c1-4-36-25(34)20-21(28)18(37-22(20)29-17-7-5-6-15(27)12-17)13-19-23(32)31(2)26(38-19)30-16-10-8-14(9-11-16)24(33)35-3/h5-13,29H,4H2,1-3H3/b19-13-,30-26?. The van der Waals surface area contributed by atoms with Crippen molar-refractivity contribution in [2.45, 2.75) is 6.92 Å². The van der Waals surface area contributed by atoms with Gasteiger partial charge in [0, 0.05) is 23.8 Å². The number of nitrogens with one attached hydrogen (secondary N) is 1. The Morgan fingerprint density at radius 3 is 2.55 bits per heavy atom. The van der Waals surface area contributed by atoms with E-state index in [4.69, 9.17) is 37.1 Å². The molecule has 0 atom stereocenters. The van der Waals surface area contributed by atoms with Gasteiger partial charge in [0.1, 0.15) is 16.3 Å². The van der Waals surface area contributed by atoms with Crippen molar-refractivity contribution in [2.24, 2.45) is 4.99 Å². The number of rotatable bonds is 7. The maximum absolute atomic E-state index is 12.9. The van der Waals surface area contributed by atoms with Crippen LogP contribution in [0.4, 0.5) is 17.3 Å². The first-order valence-electron chi connectivity index (χ1n) is 11.2. The van der Waals surface area contributed by atoms with Crippen LogP contribution in [0, 0.1) is 0 Å². The third-order valence-corrected chi connectivity index (χ3v) is 6.89. The average Bonchev–Trinajstić information content (AvgIpc) is 3.34. The number of methoxy groups -OCH3 is 1. The first-order chi connectivity index (χ1) is 18.2. The van der Waals surface area contributed by atoms with E-state index in [1.54, 1.807) is 62.5 Å². The number of halogens is 2. The summed E-state index contributed by atoms with van der Waals surface area (Å²) in [4.78, 5) is 43.4. The molecule has 0 aliphatic carbocycles. The van der Waals surface area contributed by atoms with Crippen molar-refractivity contribution in [3.63, 3.8) is 0 Å². The van der Waals surface area contributed by atoms with Gasteiger partial charge in [0.25, 0.3) is 5.91 Å². The minimum atomic E-state index is -0.685. The fourth-order valence-corrected chi connectivity index (χ4v) is 4.77. The van der Waals surface area contributed by atoms with E-state index in [1.807, 2.05) is 0 Å². The third-order valence-electron chi connectivity index (χ3n) is 5.22. The van der Waals surface area contributed by atoms with E-state index in [0.29, 0.717) is 27.1 Å². The van der Waals surface area contributed by atoms with Gasteiger partial charge in [0.15, 0.2) is 5.17 Å². The zero-order chi connectivity index (χ0) is 27.4. The summed E-state index contributed by atoms with van der Waals surface area (Å²) in [6.45, 7) is 1.80. The number of nitrogens with zero attached hydrogens (tertiary/aromatic N) is 2. The Morgan fingerprint density at radius 2 is 1.89 bits per heavy atom. The molecule has 1 aromatic heterocycles. The summed E-state index contributed by atoms with van der Waals surface area (Å²) in [5, 5.41) is 3.86. The summed E-state index contributed by atoms with van der Waals surface area (Å²) >= 11 is 13.7. The molecular formula is C26H21Cl2N3O6S. The van der Waals surface area contributed by atoms with E-state index in [9.17, 15) is 14.4 Å². The summed E-state index contributed by atoms with van der Waals surface area (Å²) in [6.07, 6.45) is 1.45. The van der Waals surface area contributed by atoms with Crippen molar-refractivity contribution in [2.75, 3.05) is 26.1 Å². The molecule has 1 fully saturated rings. The Labute approximate surface area is 232 Å². The lowest BCUT2D eigenvalue weighted by Gasteiger charge is -2.07. The van der Waals surface area contributed by atoms with Crippen molar-refractivity contribution in [3.8, 4) is 0 Å². The first-order valence-corrected chi connectivity index (χ1v) is 12.8. The number of carbonyl (C=O) groups excluding carboxylic acids is 3. The maximum Gasteiger partial charge on any atom is 0.345 e. The molecule has 0 radical (unpaired) electrons. The normalized spacial score (nSPS) is 15.3. The van der Waals surface area contributed by atoms with Crippen LogP contribution in [0.3, 0.4) is 0 Å². The number of esters is 2. The second-order valence-electron chi connectivity index (χ2n) is 7.75. The van der Waals surface area contributed by atoms with Crippen LogP contribution in [-0.4, -0.2) is 48.7 Å². The Morgan fingerprint density at radius 1 is 1.16 bits per heavy atom. The van der Waals surface area contributed by atoms with Crippen molar-refractivity contribution >= 4 is 81.3 Å². The van der Waals surface area contributed by atoms with Gasteiger partial charge >= 0.3 is 11.9 Å². The molecule has 1 amide bonds. The number of thioether (sulfide) groups is 1. The predicted octanol–water partition coefficient (Wildman–Crippen LogP) is 6.53. The maximum atomic E-state index is 12.9. The molecule has 9 nitrogen and oxygen atoms in total. The van der Waals surface area contributed by atoms with Crippen LogP contribution in [0.25, 0.3) is 6.08 Å². The minimum Gasteiger partial charge on any atom is -0.465 e. The molecule has 0 spiro atoms. The number of carbonyl (C=O) groups is 3. The van der Waals surface area contributed by atoms with Crippen molar-refractivity contribution in [1.29, 1.82) is 0 Å². The van der Waals surface area contributed by atoms with E-state index < -0.39 is 11.9 Å². The average molecular weight is 574 g/mol. The molecule has 196 valence electrons. The molecule has 1 aliphatic heterocycles. The Balaban J connectivity index is 1.66. The van der Waals surface area contributed by atoms with E-state index in [0.717, 1.165) is 11.8 Å². The second-order valence-corrected chi connectivity index (χ2v) is 9.57. The second kappa shape index (κ2) is 11.8. The number of benzene rings is 2. The number of amides is 1. The molecule has 3 aromatic rings. The van der Waals surface area contributed by atoms with Gasteiger partial charge in [-0.3, -0.25) is 9.69 Å². The van der Waals surface area contributed by atoms with Crippen LogP contribution in [0.1, 0.15) is 33.4 Å². The summed E-state index contributed by atoms with van der Waals surface area (Å²) in [6, 6.07) is 13.3. The van der Waals surface area contributed by atoms with Gasteiger partial charge in [-0.2, -0.15) is 0 Å². The summed E-state index contributed by atoms with van der Waals surface area (Å²) in [5.41, 5.74) is 1.47. The van der Waals surface area contributed by atoms with Gasteiger partial charge in [-0.25, -0.2) is 14.6 Å². The van der Waals surface area contributed by atoms with Crippen LogP contribution < -0.4 is 5.32 Å². The molecular weight excluding hydrogens is 553 g/mol. The van der Waals surface area contributed by atoms with Crippen LogP contribution in [-0.2, 0) is 14.3 Å². The number of likely N-dealkylation sites (N-methyl/N-ethyl adjacent to an activating group) is 1. The van der Waals surface area contributed by atoms with Crippen molar-refractivity contribution in [1.82, 2.24) is 4.90 Å². The molecule has 0 bridgehead atoms. The largest absolute Gasteiger partial charge is 0.465 e. The van der Waals surface area contributed by atoms with Gasteiger partial charge in [-0.1, -0.05) is 29.3 Å². The van der Waals surface area contributed by atoms with Crippen LogP contribution in [0.15, 0.2) is 62.8 Å². The fraction of sp³-hybridized carbons (Fsp3) is 0.154. The van der Waals surface area contributed by atoms with E-state index in [-0.39, 0.29) is 39.6 Å². The van der Waals surface area contributed by atoms with Crippen LogP contribution in [0.2, 0.25) is 10.0 Å². The van der Waals surface area contributed by atoms with Gasteiger partial charge in [-0.05, 0) is 61.2 Å². The molecule has 1 N–H and O–H groups in total. The summed E-state index contributed by atoms with van der Waals surface area (Å²) < 4.78 is 15.7. The minimum absolute atomic E-state index is 0.0104. The highest BCUT2D eigenvalue weighted by Crippen LogP contribution is 2.39. The highest BCUT2D eigenvalue weighted by molar-refractivity contribution is 8.18. The summed E-state index contributed by atoms with van der Waals surface area (Å²) in [7, 11) is 2.88. The molecule has 0 saturated carbocycles. The van der Waals surface area contributed by atoms with E-state index in [1.165, 1.54) is 18.1 Å². The molecule has 2 heterocycles. The van der Waals surface area contributed by atoms with Crippen molar-refractivity contribution < 1.29 is 28.3 Å². The number of hydrogen-bond donors (Lipinski definition) is 1.